The molecule has 0 spiro atoms. The molecule has 0 saturated heterocycles. The number of nitrogens with zero attached hydrogens (tertiary/aromatic N) is 1. The Hall–Kier alpha value is -1.42. The Morgan fingerprint density at radius 3 is 3.08 bits per heavy atom. The number of hydrogen-bond acceptors (Lipinski definition) is 3. The molecule has 13 heavy (non-hydrogen) atoms. The van der Waals surface area contributed by atoms with Crippen LogP contribution in [0.15, 0.2) is 18.3 Å². The molecule has 4 nitrogen and oxygen atoms in total. The highest BCUT2D eigenvalue weighted by atomic mass is 16.5. The minimum Gasteiger partial charge on any atom is -0.478 e. The third kappa shape index (κ3) is 2.52. The summed E-state index contributed by atoms with van der Waals surface area (Å²) in [6, 6.07) is 3.11. The van der Waals surface area contributed by atoms with Crippen molar-refractivity contribution < 1.29 is 14.6 Å². The minimum atomic E-state index is -0.970. The predicted octanol–water partition coefficient (Wildman–Crippen LogP) is 1.32. The van der Waals surface area contributed by atoms with Gasteiger partial charge >= 0.3 is 5.97 Å². The zero-order valence-corrected chi connectivity index (χ0v) is 7.36. The number of hydrogen-bond donors (Lipinski definition) is 1. The largest absolute Gasteiger partial charge is 0.478 e. The van der Waals surface area contributed by atoms with Crippen molar-refractivity contribution in [2.24, 2.45) is 0 Å². The Balaban J connectivity index is 2.84. The summed E-state index contributed by atoms with van der Waals surface area (Å²) < 4.78 is 5.08. The van der Waals surface area contributed by atoms with Gasteiger partial charge in [0.15, 0.2) is 0 Å². The molecule has 0 unspecified atom stereocenters. The standard InChI is InChI=1S/C9H11NO3/c1-2-13-6-8-7(9(11)12)4-3-5-10-8/h3-5H,2,6H2,1H3,(H,11,12). The first-order valence-corrected chi connectivity index (χ1v) is 4.00. The van der Waals surface area contributed by atoms with E-state index in [0.29, 0.717) is 12.3 Å². The fraction of sp³-hybridized carbons (Fsp3) is 0.333. The molecule has 1 heterocycles. The lowest BCUT2D eigenvalue weighted by molar-refractivity contribution is 0.0687. The van der Waals surface area contributed by atoms with Crippen molar-refractivity contribution in [1.29, 1.82) is 0 Å². The van der Waals surface area contributed by atoms with Gasteiger partial charge in [0.2, 0.25) is 0 Å². The zero-order valence-electron chi connectivity index (χ0n) is 7.36. The summed E-state index contributed by atoms with van der Waals surface area (Å²) in [5.41, 5.74) is 0.674. The zero-order chi connectivity index (χ0) is 9.68. The van der Waals surface area contributed by atoms with Crippen molar-refractivity contribution in [3.63, 3.8) is 0 Å². The van der Waals surface area contributed by atoms with E-state index in [1.165, 1.54) is 6.07 Å². The molecule has 0 atom stereocenters. The molecule has 0 fully saturated rings. The molecule has 0 aliphatic heterocycles. The van der Waals surface area contributed by atoms with E-state index in [2.05, 4.69) is 4.98 Å². The molecule has 0 radical (unpaired) electrons. The van der Waals surface area contributed by atoms with E-state index in [9.17, 15) is 4.79 Å². The van der Waals surface area contributed by atoms with Crippen LogP contribution >= 0.6 is 0 Å². The molecule has 70 valence electrons. The van der Waals surface area contributed by atoms with Crippen LogP contribution in [-0.2, 0) is 11.3 Å². The lowest BCUT2D eigenvalue weighted by atomic mass is 10.2. The number of carbonyl (C=O) groups is 1. The van der Waals surface area contributed by atoms with Crippen LogP contribution in [0.2, 0.25) is 0 Å². The molecule has 0 aliphatic rings. The number of pyridine rings is 1. The summed E-state index contributed by atoms with van der Waals surface area (Å²) in [5.74, 6) is -0.970. The first-order valence-electron chi connectivity index (χ1n) is 4.00. The molecule has 0 aromatic carbocycles. The Morgan fingerprint density at radius 2 is 2.46 bits per heavy atom. The van der Waals surface area contributed by atoms with E-state index in [1.54, 1.807) is 12.3 Å². The van der Waals surface area contributed by atoms with Gasteiger partial charge in [0.05, 0.1) is 17.9 Å². The lowest BCUT2D eigenvalue weighted by Gasteiger charge is -2.03. The second-order valence-corrected chi connectivity index (χ2v) is 2.44. The van der Waals surface area contributed by atoms with Crippen LogP contribution in [0.4, 0.5) is 0 Å². The molecule has 0 amide bonds. The van der Waals surface area contributed by atoms with Crippen LogP contribution < -0.4 is 0 Å². The van der Waals surface area contributed by atoms with Crippen molar-refractivity contribution in [2.75, 3.05) is 6.61 Å². The summed E-state index contributed by atoms with van der Waals surface area (Å²) in [4.78, 5) is 14.6. The molecular formula is C9H11NO3. The molecule has 0 aliphatic carbocycles. The molecule has 1 aromatic rings. The number of carboxylic acids is 1. The number of rotatable bonds is 4. The van der Waals surface area contributed by atoms with E-state index in [-0.39, 0.29) is 12.2 Å². The van der Waals surface area contributed by atoms with Crippen molar-refractivity contribution in [1.82, 2.24) is 4.98 Å². The van der Waals surface area contributed by atoms with E-state index in [1.807, 2.05) is 6.92 Å². The second-order valence-electron chi connectivity index (χ2n) is 2.44. The van der Waals surface area contributed by atoms with E-state index < -0.39 is 5.97 Å². The summed E-state index contributed by atoms with van der Waals surface area (Å²) in [7, 11) is 0. The van der Waals surface area contributed by atoms with Crippen molar-refractivity contribution in [2.45, 2.75) is 13.5 Å². The van der Waals surface area contributed by atoms with Gasteiger partial charge in [-0.2, -0.15) is 0 Å². The van der Waals surface area contributed by atoms with Crippen molar-refractivity contribution in [3.05, 3.63) is 29.6 Å². The van der Waals surface area contributed by atoms with Crippen LogP contribution in [0.1, 0.15) is 23.0 Å². The Labute approximate surface area is 76.2 Å². The quantitative estimate of drug-likeness (QED) is 0.760. The summed E-state index contributed by atoms with van der Waals surface area (Å²) >= 11 is 0. The number of aromatic carboxylic acids is 1. The molecule has 0 saturated carbocycles. The monoisotopic (exact) mass is 181 g/mol. The molecular weight excluding hydrogens is 170 g/mol. The summed E-state index contributed by atoms with van der Waals surface area (Å²) in [5, 5.41) is 8.77. The normalized spacial score (nSPS) is 9.92. The van der Waals surface area contributed by atoms with Crippen molar-refractivity contribution in [3.8, 4) is 0 Å². The van der Waals surface area contributed by atoms with E-state index in [0.717, 1.165) is 0 Å². The number of ether oxygens (including phenoxy) is 1. The van der Waals surface area contributed by atoms with Crippen LogP contribution in [0.5, 0.6) is 0 Å². The Kier molecular flexibility index (Phi) is 3.40. The molecule has 0 bridgehead atoms. The molecule has 1 N–H and O–H groups in total. The van der Waals surface area contributed by atoms with Gasteiger partial charge in [0, 0.05) is 12.8 Å². The fourth-order valence-electron chi connectivity index (χ4n) is 0.946. The smallest absolute Gasteiger partial charge is 0.337 e. The topological polar surface area (TPSA) is 59.4 Å². The predicted molar refractivity (Wildman–Crippen MR) is 46.5 cm³/mol. The molecule has 1 aromatic heterocycles. The van der Waals surface area contributed by atoms with Gasteiger partial charge in [-0.15, -0.1) is 0 Å². The number of carboxylic acid groups (broad SMARTS) is 1. The average Bonchev–Trinajstić information content (AvgIpc) is 2.15. The lowest BCUT2D eigenvalue weighted by Crippen LogP contribution is -2.06. The van der Waals surface area contributed by atoms with Gasteiger partial charge in [-0.05, 0) is 19.1 Å². The first-order chi connectivity index (χ1) is 6.25. The highest BCUT2D eigenvalue weighted by molar-refractivity contribution is 5.88. The second kappa shape index (κ2) is 4.57. The highest BCUT2D eigenvalue weighted by Crippen LogP contribution is 2.06. The van der Waals surface area contributed by atoms with Gasteiger partial charge in [0.1, 0.15) is 0 Å². The third-order valence-corrected chi connectivity index (χ3v) is 1.56. The van der Waals surface area contributed by atoms with Crippen LogP contribution in [0.25, 0.3) is 0 Å². The molecule has 4 heteroatoms. The average molecular weight is 181 g/mol. The van der Waals surface area contributed by atoms with Crippen LogP contribution in [0.3, 0.4) is 0 Å². The maximum atomic E-state index is 10.7. The highest BCUT2D eigenvalue weighted by Gasteiger charge is 2.09. The van der Waals surface area contributed by atoms with Gasteiger partial charge < -0.3 is 9.84 Å². The van der Waals surface area contributed by atoms with Crippen molar-refractivity contribution >= 4 is 5.97 Å². The Bertz CT molecular complexity index is 299. The SMILES string of the molecule is CCOCc1ncccc1C(=O)O. The maximum Gasteiger partial charge on any atom is 0.337 e. The van der Waals surface area contributed by atoms with Crippen LogP contribution in [-0.4, -0.2) is 22.7 Å². The number of aromatic nitrogens is 1. The van der Waals surface area contributed by atoms with E-state index in [4.69, 9.17) is 9.84 Å². The van der Waals surface area contributed by atoms with Gasteiger partial charge in [-0.1, -0.05) is 0 Å². The van der Waals surface area contributed by atoms with Crippen LogP contribution in [0, 0.1) is 0 Å². The third-order valence-electron chi connectivity index (χ3n) is 1.56. The summed E-state index contributed by atoms with van der Waals surface area (Å²) in [6.07, 6.45) is 1.56. The van der Waals surface area contributed by atoms with Gasteiger partial charge in [-0.25, -0.2) is 4.79 Å². The maximum absolute atomic E-state index is 10.7. The minimum absolute atomic E-state index is 0.205. The van der Waals surface area contributed by atoms with E-state index >= 15 is 0 Å². The van der Waals surface area contributed by atoms with Gasteiger partial charge in [0.25, 0.3) is 0 Å². The summed E-state index contributed by atoms with van der Waals surface area (Å²) in [6.45, 7) is 2.65. The fourth-order valence-corrected chi connectivity index (χ4v) is 0.946. The van der Waals surface area contributed by atoms with Gasteiger partial charge in [-0.3, -0.25) is 4.98 Å². The Morgan fingerprint density at radius 1 is 1.69 bits per heavy atom. The first kappa shape index (κ1) is 9.67. The molecule has 1 rings (SSSR count).